The van der Waals surface area contributed by atoms with Crippen molar-refractivity contribution < 1.29 is 13.2 Å². The van der Waals surface area contributed by atoms with Gasteiger partial charge in [0.25, 0.3) is 9.05 Å². The molecule has 0 radical (unpaired) electrons. The van der Waals surface area contributed by atoms with Crippen LogP contribution in [0.3, 0.4) is 0 Å². The lowest BCUT2D eigenvalue weighted by molar-refractivity contribution is 0.298. The maximum Gasteiger partial charge on any atom is 0.265 e. The van der Waals surface area contributed by atoms with Gasteiger partial charge >= 0.3 is 0 Å². The van der Waals surface area contributed by atoms with Gasteiger partial charge in [-0.3, -0.25) is 4.68 Å². The summed E-state index contributed by atoms with van der Waals surface area (Å²) in [6.07, 6.45) is 3.52. The number of aromatic nitrogens is 2. The summed E-state index contributed by atoms with van der Waals surface area (Å²) < 4.78 is 30.9. The quantitative estimate of drug-likeness (QED) is 0.749. The lowest BCUT2D eigenvalue weighted by Crippen LogP contribution is -2.00. The van der Waals surface area contributed by atoms with E-state index in [-0.39, 0.29) is 17.3 Å². The van der Waals surface area contributed by atoms with Crippen LogP contribution in [0.1, 0.15) is 12.5 Å². The Morgan fingerprint density at radius 2 is 2.20 bits per heavy atom. The van der Waals surface area contributed by atoms with E-state index in [0.29, 0.717) is 4.47 Å². The first-order valence-corrected chi connectivity index (χ1v) is 8.88. The molecule has 20 heavy (non-hydrogen) atoms. The molecule has 0 saturated carbocycles. The number of benzene rings is 1. The molecule has 0 fully saturated rings. The standard InChI is InChI=1S/C12H12BrClN2O3S/c1-2-16-7-9(6-15-16)8-19-11-4-3-10(13)5-12(11)20(14,17)18/h3-7H,2,8H2,1H3. The average molecular weight is 380 g/mol. The number of aryl methyl sites for hydroxylation is 1. The Kier molecular flexibility index (Phi) is 4.72. The van der Waals surface area contributed by atoms with Crippen molar-refractivity contribution >= 4 is 35.7 Å². The molecule has 1 aromatic heterocycles. The fourth-order valence-corrected chi connectivity index (χ4v) is 3.12. The normalized spacial score (nSPS) is 11.6. The molecule has 5 nitrogen and oxygen atoms in total. The highest BCUT2D eigenvalue weighted by Crippen LogP contribution is 2.30. The van der Waals surface area contributed by atoms with Crippen molar-refractivity contribution in [2.75, 3.05) is 0 Å². The Morgan fingerprint density at radius 1 is 1.45 bits per heavy atom. The van der Waals surface area contributed by atoms with Crippen LogP contribution >= 0.6 is 26.6 Å². The second-order valence-electron chi connectivity index (χ2n) is 4.02. The first kappa shape index (κ1) is 15.3. The summed E-state index contributed by atoms with van der Waals surface area (Å²) in [6.45, 7) is 2.96. The van der Waals surface area contributed by atoms with Crippen molar-refractivity contribution in [2.45, 2.75) is 25.0 Å². The third kappa shape index (κ3) is 3.74. The van der Waals surface area contributed by atoms with Gasteiger partial charge in [0.2, 0.25) is 0 Å². The van der Waals surface area contributed by atoms with Crippen molar-refractivity contribution in [2.24, 2.45) is 0 Å². The van der Waals surface area contributed by atoms with Crippen LogP contribution in [0, 0.1) is 0 Å². The molecule has 0 aliphatic rings. The Labute approximate surface area is 130 Å². The van der Waals surface area contributed by atoms with Crippen molar-refractivity contribution in [3.8, 4) is 5.75 Å². The van der Waals surface area contributed by atoms with Crippen LogP contribution in [0.15, 0.2) is 40.0 Å². The predicted molar refractivity (Wildman–Crippen MR) is 79.4 cm³/mol. The van der Waals surface area contributed by atoms with Gasteiger partial charge in [-0.1, -0.05) is 15.9 Å². The largest absolute Gasteiger partial charge is 0.487 e. The number of nitrogens with zero attached hydrogens (tertiary/aromatic N) is 2. The third-order valence-electron chi connectivity index (χ3n) is 2.57. The van der Waals surface area contributed by atoms with E-state index in [9.17, 15) is 8.42 Å². The van der Waals surface area contributed by atoms with Gasteiger partial charge in [-0.2, -0.15) is 5.10 Å². The van der Waals surface area contributed by atoms with E-state index in [1.165, 1.54) is 6.07 Å². The molecule has 0 N–H and O–H groups in total. The Bertz CT molecular complexity index is 715. The Hall–Kier alpha value is -1.05. The maximum atomic E-state index is 11.5. The molecular weight excluding hydrogens is 368 g/mol. The van der Waals surface area contributed by atoms with Crippen LogP contribution in [-0.4, -0.2) is 18.2 Å². The summed E-state index contributed by atoms with van der Waals surface area (Å²) in [5, 5.41) is 4.12. The lowest BCUT2D eigenvalue weighted by Gasteiger charge is -2.09. The molecule has 0 unspecified atom stereocenters. The molecule has 2 rings (SSSR count). The van der Waals surface area contributed by atoms with Gasteiger partial charge in [0.15, 0.2) is 0 Å². The lowest BCUT2D eigenvalue weighted by atomic mass is 10.3. The third-order valence-corrected chi connectivity index (χ3v) is 4.41. The van der Waals surface area contributed by atoms with Gasteiger partial charge in [-0.15, -0.1) is 0 Å². The fraction of sp³-hybridized carbons (Fsp3) is 0.250. The minimum Gasteiger partial charge on any atom is -0.487 e. The van der Waals surface area contributed by atoms with E-state index in [1.807, 2.05) is 13.1 Å². The number of rotatable bonds is 5. The van der Waals surface area contributed by atoms with E-state index < -0.39 is 9.05 Å². The first-order valence-electron chi connectivity index (χ1n) is 5.78. The molecule has 1 aromatic carbocycles. The van der Waals surface area contributed by atoms with E-state index in [0.717, 1.165) is 12.1 Å². The van der Waals surface area contributed by atoms with Crippen molar-refractivity contribution in [1.29, 1.82) is 0 Å². The fourth-order valence-electron chi connectivity index (χ4n) is 1.61. The van der Waals surface area contributed by atoms with E-state index in [4.69, 9.17) is 15.4 Å². The van der Waals surface area contributed by atoms with Crippen LogP contribution in [0.2, 0.25) is 0 Å². The first-order chi connectivity index (χ1) is 9.40. The number of hydrogen-bond donors (Lipinski definition) is 0. The highest BCUT2D eigenvalue weighted by atomic mass is 79.9. The highest BCUT2D eigenvalue weighted by molar-refractivity contribution is 9.10. The van der Waals surface area contributed by atoms with E-state index in [2.05, 4.69) is 21.0 Å². The van der Waals surface area contributed by atoms with Crippen molar-refractivity contribution in [1.82, 2.24) is 9.78 Å². The zero-order chi connectivity index (χ0) is 14.8. The molecule has 0 spiro atoms. The van der Waals surface area contributed by atoms with Gasteiger partial charge in [-0.05, 0) is 25.1 Å². The minimum atomic E-state index is -3.86. The molecule has 0 amide bonds. The average Bonchev–Trinajstić information content (AvgIpc) is 2.84. The second-order valence-corrected chi connectivity index (χ2v) is 7.47. The smallest absolute Gasteiger partial charge is 0.265 e. The van der Waals surface area contributed by atoms with Crippen LogP contribution in [0.25, 0.3) is 0 Å². The van der Waals surface area contributed by atoms with Crippen LogP contribution in [0.4, 0.5) is 0 Å². The topological polar surface area (TPSA) is 61.2 Å². The molecule has 1 heterocycles. The van der Waals surface area contributed by atoms with Gasteiger partial charge in [0, 0.05) is 33.5 Å². The molecule has 2 aromatic rings. The molecule has 0 saturated heterocycles. The summed E-state index contributed by atoms with van der Waals surface area (Å²) in [5.74, 6) is 0.215. The molecule has 108 valence electrons. The van der Waals surface area contributed by atoms with E-state index in [1.54, 1.807) is 23.0 Å². The van der Waals surface area contributed by atoms with Crippen LogP contribution in [-0.2, 0) is 22.2 Å². The van der Waals surface area contributed by atoms with Crippen molar-refractivity contribution in [3.05, 3.63) is 40.6 Å². The number of ether oxygens (including phenoxy) is 1. The summed E-state index contributed by atoms with van der Waals surface area (Å²) in [5.41, 5.74) is 0.854. The van der Waals surface area contributed by atoms with Gasteiger partial charge in [0.1, 0.15) is 17.3 Å². The Balaban J connectivity index is 2.21. The summed E-state index contributed by atoms with van der Waals surface area (Å²) in [7, 11) is 1.54. The number of halogens is 2. The van der Waals surface area contributed by atoms with Crippen molar-refractivity contribution in [3.63, 3.8) is 0 Å². The monoisotopic (exact) mass is 378 g/mol. The zero-order valence-corrected chi connectivity index (χ0v) is 13.7. The van der Waals surface area contributed by atoms with Crippen LogP contribution < -0.4 is 4.74 Å². The summed E-state index contributed by atoms with van der Waals surface area (Å²) in [4.78, 5) is -0.0589. The molecule has 0 aliphatic carbocycles. The highest BCUT2D eigenvalue weighted by Gasteiger charge is 2.17. The molecule has 0 aliphatic heterocycles. The van der Waals surface area contributed by atoms with Gasteiger partial charge in [0.05, 0.1) is 6.20 Å². The molecule has 0 atom stereocenters. The number of hydrogen-bond acceptors (Lipinski definition) is 4. The van der Waals surface area contributed by atoms with Gasteiger partial charge < -0.3 is 4.74 Å². The zero-order valence-electron chi connectivity index (χ0n) is 10.6. The maximum absolute atomic E-state index is 11.5. The Morgan fingerprint density at radius 3 is 2.80 bits per heavy atom. The van der Waals surface area contributed by atoms with Crippen LogP contribution in [0.5, 0.6) is 5.75 Å². The summed E-state index contributed by atoms with van der Waals surface area (Å²) >= 11 is 3.21. The molecule has 8 heteroatoms. The molecule has 0 bridgehead atoms. The second kappa shape index (κ2) is 6.15. The summed E-state index contributed by atoms with van der Waals surface area (Å²) in [6, 6.07) is 4.66. The minimum absolute atomic E-state index is 0.0589. The van der Waals surface area contributed by atoms with E-state index >= 15 is 0 Å². The predicted octanol–water partition coefficient (Wildman–Crippen LogP) is 3.17. The van der Waals surface area contributed by atoms with Gasteiger partial charge in [-0.25, -0.2) is 8.42 Å². The molecular formula is C12H12BrClN2O3S. The SMILES string of the molecule is CCn1cc(COc2ccc(Br)cc2S(=O)(=O)Cl)cn1.